The molecular weight excluding hydrogens is 769 g/mol. The first kappa shape index (κ1) is 57.0. The zero-order chi connectivity index (χ0) is 45.1. The van der Waals surface area contributed by atoms with E-state index in [9.17, 15) is 14.4 Å². The molecule has 0 spiro atoms. The van der Waals surface area contributed by atoms with Gasteiger partial charge in [0, 0.05) is 19.3 Å². The molecule has 0 N–H and O–H groups in total. The molecule has 0 aromatic carbocycles. The number of allylic oxidation sites excluding steroid dienone is 26. The van der Waals surface area contributed by atoms with Crippen LogP contribution in [0.25, 0.3) is 0 Å². The molecule has 62 heavy (non-hydrogen) atoms. The van der Waals surface area contributed by atoms with E-state index in [2.05, 4.69) is 69.4 Å². The highest BCUT2D eigenvalue weighted by atomic mass is 16.6. The van der Waals surface area contributed by atoms with Crippen molar-refractivity contribution in [1.82, 2.24) is 0 Å². The molecule has 6 nitrogen and oxygen atoms in total. The molecule has 6 heteroatoms. The lowest BCUT2D eigenvalue weighted by Gasteiger charge is -2.18. The molecular formula is C56H82O6. The fourth-order valence-electron chi connectivity index (χ4n) is 5.56. The van der Waals surface area contributed by atoms with E-state index in [0.717, 1.165) is 64.2 Å². The van der Waals surface area contributed by atoms with Crippen molar-refractivity contribution in [1.29, 1.82) is 0 Å². The number of esters is 3. The number of hydrogen-bond acceptors (Lipinski definition) is 6. The zero-order valence-electron chi connectivity index (χ0n) is 38.8. The molecule has 1 unspecified atom stereocenters. The number of unbranched alkanes of at least 4 members (excludes halogenated alkanes) is 12. The van der Waals surface area contributed by atoms with Gasteiger partial charge in [-0.2, -0.15) is 0 Å². The number of carbonyl (C=O) groups excluding carboxylic acids is 3. The minimum atomic E-state index is -0.859. The van der Waals surface area contributed by atoms with E-state index in [1.54, 1.807) is 0 Å². The molecule has 0 rings (SSSR count). The average molecular weight is 851 g/mol. The Bertz CT molecular complexity index is 1490. The Hall–Kier alpha value is -4.97. The summed E-state index contributed by atoms with van der Waals surface area (Å²) in [5, 5.41) is 0. The molecule has 0 fully saturated rings. The summed E-state index contributed by atoms with van der Waals surface area (Å²) in [5.41, 5.74) is 0. The van der Waals surface area contributed by atoms with Crippen LogP contribution in [0.15, 0.2) is 158 Å². The molecule has 1 atom stereocenters. The molecule has 0 aliphatic carbocycles. The molecule has 0 aromatic heterocycles. The fraction of sp³-hybridized carbons (Fsp3) is 0.482. The second-order valence-electron chi connectivity index (χ2n) is 14.9. The quantitative estimate of drug-likeness (QED) is 0.0265. The summed E-state index contributed by atoms with van der Waals surface area (Å²) in [6.07, 6.45) is 71.0. The van der Waals surface area contributed by atoms with Crippen LogP contribution in [0.3, 0.4) is 0 Å². The van der Waals surface area contributed by atoms with Gasteiger partial charge in [0.15, 0.2) is 6.10 Å². The van der Waals surface area contributed by atoms with Gasteiger partial charge in [-0.25, -0.2) is 0 Å². The average Bonchev–Trinajstić information content (AvgIpc) is 3.27. The summed E-state index contributed by atoms with van der Waals surface area (Å²) in [7, 11) is 0. The van der Waals surface area contributed by atoms with Crippen LogP contribution >= 0.6 is 0 Å². The monoisotopic (exact) mass is 851 g/mol. The summed E-state index contributed by atoms with van der Waals surface area (Å²) in [6.45, 7) is 6.14. The van der Waals surface area contributed by atoms with Crippen LogP contribution in [-0.4, -0.2) is 37.2 Å². The maximum absolute atomic E-state index is 12.7. The minimum Gasteiger partial charge on any atom is -0.462 e. The van der Waals surface area contributed by atoms with Gasteiger partial charge in [-0.05, 0) is 70.6 Å². The van der Waals surface area contributed by atoms with Gasteiger partial charge in [-0.15, -0.1) is 0 Å². The van der Waals surface area contributed by atoms with Crippen molar-refractivity contribution in [3.8, 4) is 0 Å². The van der Waals surface area contributed by atoms with Crippen LogP contribution in [-0.2, 0) is 28.6 Å². The summed E-state index contributed by atoms with van der Waals surface area (Å²) in [6, 6.07) is 0. The standard InChI is InChI=1S/C56H82O6/c1-4-7-10-13-16-19-22-25-26-27-28-29-32-34-37-40-43-46-49-55(58)61-52-53(62-56(59)50-47-44-41-38-35-31-24-21-18-15-12-9-6-3)51-60-54(57)48-45-42-39-36-33-30-23-20-17-14-11-8-5-2/h8-9,11-12,14-15,17-18,20-31,33,35-36,38-39,41,53H,4-7,10,13,16,19,32,34,37,40,42-52H2,1-3H3/b11-8-,12-9-,17-14-,18-15-,23-20-,24-21-,25-22-,27-26-,29-28-,33-30-,35-31-,39-36-,41-38-. The van der Waals surface area contributed by atoms with Gasteiger partial charge in [-0.3, -0.25) is 14.4 Å². The fourth-order valence-corrected chi connectivity index (χ4v) is 5.56. The van der Waals surface area contributed by atoms with E-state index >= 15 is 0 Å². The SMILES string of the molecule is CC\C=C/C=C\C=C/C=C\C=C/CCCC(=O)OCC(COC(=O)CCCCCCC\C=C/C=C\C=C/CCCCCCC)OC(=O)CCC\C=C/C=C\C=C/C=C\C=C/CC. The van der Waals surface area contributed by atoms with Gasteiger partial charge in [0.25, 0.3) is 0 Å². The summed E-state index contributed by atoms with van der Waals surface area (Å²) in [4.78, 5) is 37.8. The molecule has 0 aromatic rings. The Morgan fingerprint density at radius 3 is 1.05 bits per heavy atom. The Kier molecular flexibility index (Phi) is 44.8. The highest BCUT2D eigenvalue weighted by molar-refractivity contribution is 5.71. The van der Waals surface area contributed by atoms with Gasteiger partial charge in [0.1, 0.15) is 13.2 Å². The highest BCUT2D eigenvalue weighted by Gasteiger charge is 2.19. The lowest BCUT2D eigenvalue weighted by atomic mass is 10.1. The first-order valence-corrected chi connectivity index (χ1v) is 23.7. The molecule has 0 aliphatic heterocycles. The van der Waals surface area contributed by atoms with Gasteiger partial charge in [0.05, 0.1) is 0 Å². The van der Waals surface area contributed by atoms with Crippen LogP contribution in [0.5, 0.6) is 0 Å². The molecule has 0 bridgehead atoms. The molecule has 0 radical (unpaired) electrons. The van der Waals surface area contributed by atoms with Gasteiger partial charge >= 0.3 is 17.9 Å². The first-order chi connectivity index (χ1) is 30.5. The van der Waals surface area contributed by atoms with E-state index in [1.165, 1.54) is 32.1 Å². The minimum absolute atomic E-state index is 0.148. The lowest BCUT2D eigenvalue weighted by molar-refractivity contribution is -0.167. The maximum Gasteiger partial charge on any atom is 0.306 e. The van der Waals surface area contributed by atoms with Crippen LogP contribution in [0.1, 0.15) is 156 Å². The highest BCUT2D eigenvalue weighted by Crippen LogP contribution is 2.11. The predicted octanol–water partition coefficient (Wildman–Crippen LogP) is 15.5. The largest absolute Gasteiger partial charge is 0.462 e. The van der Waals surface area contributed by atoms with Crippen molar-refractivity contribution >= 4 is 17.9 Å². The Labute approximate surface area is 378 Å². The third kappa shape index (κ3) is 46.1. The number of rotatable bonds is 39. The number of hydrogen-bond donors (Lipinski definition) is 0. The molecule has 0 aliphatic rings. The van der Waals surface area contributed by atoms with E-state index in [0.29, 0.717) is 25.7 Å². The molecule has 0 amide bonds. The van der Waals surface area contributed by atoms with E-state index in [-0.39, 0.29) is 38.0 Å². The normalized spacial score (nSPS) is 13.5. The third-order valence-corrected chi connectivity index (χ3v) is 9.06. The van der Waals surface area contributed by atoms with Crippen LogP contribution in [0.2, 0.25) is 0 Å². The topological polar surface area (TPSA) is 78.9 Å². The Balaban J connectivity index is 4.65. The maximum atomic E-state index is 12.7. The Morgan fingerprint density at radius 2 is 0.645 bits per heavy atom. The van der Waals surface area contributed by atoms with Gasteiger partial charge in [-0.1, -0.05) is 224 Å². The van der Waals surface area contributed by atoms with Gasteiger partial charge in [0.2, 0.25) is 0 Å². The van der Waals surface area contributed by atoms with Crippen molar-refractivity contribution in [3.63, 3.8) is 0 Å². The van der Waals surface area contributed by atoms with Crippen molar-refractivity contribution in [2.24, 2.45) is 0 Å². The lowest BCUT2D eigenvalue weighted by Crippen LogP contribution is -2.30. The molecule has 0 saturated heterocycles. The van der Waals surface area contributed by atoms with Crippen LogP contribution in [0.4, 0.5) is 0 Å². The second-order valence-corrected chi connectivity index (χ2v) is 14.9. The number of carbonyl (C=O) groups is 3. The van der Waals surface area contributed by atoms with Crippen molar-refractivity contribution in [3.05, 3.63) is 158 Å². The molecule has 342 valence electrons. The third-order valence-electron chi connectivity index (χ3n) is 9.06. The zero-order valence-corrected chi connectivity index (χ0v) is 38.8. The smallest absolute Gasteiger partial charge is 0.306 e. The molecule has 0 saturated carbocycles. The van der Waals surface area contributed by atoms with E-state index in [4.69, 9.17) is 14.2 Å². The van der Waals surface area contributed by atoms with Crippen molar-refractivity contribution < 1.29 is 28.6 Å². The van der Waals surface area contributed by atoms with Crippen LogP contribution in [0, 0.1) is 0 Å². The summed E-state index contributed by atoms with van der Waals surface area (Å²) >= 11 is 0. The molecule has 0 heterocycles. The second kappa shape index (κ2) is 48.7. The predicted molar refractivity (Wildman–Crippen MR) is 265 cm³/mol. The van der Waals surface area contributed by atoms with Crippen LogP contribution < -0.4 is 0 Å². The number of ether oxygens (including phenoxy) is 3. The summed E-state index contributed by atoms with van der Waals surface area (Å²) < 4.78 is 16.6. The van der Waals surface area contributed by atoms with E-state index in [1.807, 2.05) is 109 Å². The van der Waals surface area contributed by atoms with Crippen molar-refractivity contribution in [2.75, 3.05) is 13.2 Å². The first-order valence-electron chi connectivity index (χ1n) is 23.7. The van der Waals surface area contributed by atoms with Crippen molar-refractivity contribution in [2.45, 2.75) is 162 Å². The summed E-state index contributed by atoms with van der Waals surface area (Å²) in [5.74, 6) is -1.14. The van der Waals surface area contributed by atoms with E-state index < -0.39 is 12.1 Å². The Morgan fingerprint density at radius 1 is 0.339 bits per heavy atom. The van der Waals surface area contributed by atoms with Gasteiger partial charge < -0.3 is 14.2 Å².